The molecule has 1 aliphatic rings. The van der Waals surface area contributed by atoms with Gasteiger partial charge in [0.2, 0.25) is 5.91 Å². The molecule has 0 aromatic carbocycles. The molecule has 1 N–H and O–H groups in total. The van der Waals surface area contributed by atoms with Crippen LogP contribution in [0.4, 0.5) is 5.00 Å². The minimum absolute atomic E-state index is 0.00680. The molecular formula is C18H27NO3S. The third-order valence-corrected chi connectivity index (χ3v) is 5.39. The van der Waals surface area contributed by atoms with Gasteiger partial charge in [0.1, 0.15) is 5.00 Å². The maximum Gasteiger partial charge on any atom is 0.341 e. The first-order valence-corrected chi connectivity index (χ1v) is 9.55. The zero-order chi connectivity index (χ0) is 16.7. The van der Waals surface area contributed by atoms with E-state index in [1.807, 2.05) is 6.07 Å². The van der Waals surface area contributed by atoms with E-state index in [0.717, 1.165) is 24.1 Å². The number of rotatable bonds is 8. The molecule has 2 rings (SSSR count). The number of hydrogen-bond donors (Lipinski definition) is 1. The highest BCUT2D eigenvalue weighted by molar-refractivity contribution is 7.16. The molecule has 4 nitrogen and oxygen atoms in total. The molecule has 0 saturated heterocycles. The van der Waals surface area contributed by atoms with Crippen LogP contribution in [0, 0.1) is 5.92 Å². The molecule has 1 heterocycles. The number of ether oxygens (including phenoxy) is 1. The standard InChI is InChI=1S/C18H27NO3S/c1-3-7-14-12-15(18(21)22-4-2)17(23-14)19-16(20)11-10-13-8-5-6-9-13/h12-13H,3-11H2,1-2H3,(H,19,20). The van der Waals surface area contributed by atoms with Gasteiger partial charge in [0.05, 0.1) is 12.2 Å². The highest BCUT2D eigenvalue weighted by Crippen LogP contribution is 2.31. The number of esters is 1. The molecule has 1 aromatic heterocycles. The van der Waals surface area contributed by atoms with Crippen LogP contribution in [-0.2, 0) is 16.0 Å². The van der Waals surface area contributed by atoms with E-state index in [2.05, 4.69) is 12.2 Å². The van der Waals surface area contributed by atoms with Crippen molar-refractivity contribution in [2.45, 2.75) is 65.2 Å². The van der Waals surface area contributed by atoms with Crippen molar-refractivity contribution in [2.75, 3.05) is 11.9 Å². The fourth-order valence-electron chi connectivity index (χ4n) is 3.09. The molecular weight excluding hydrogens is 310 g/mol. The molecule has 0 unspecified atom stereocenters. The van der Waals surface area contributed by atoms with Gasteiger partial charge in [0.15, 0.2) is 0 Å². The lowest BCUT2D eigenvalue weighted by atomic mass is 10.0. The molecule has 1 aromatic rings. The molecule has 0 aliphatic heterocycles. The second-order valence-electron chi connectivity index (χ2n) is 6.16. The Hall–Kier alpha value is -1.36. The van der Waals surface area contributed by atoms with E-state index in [1.54, 1.807) is 6.92 Å². The number of carbonyl (C=O) groups is 2. The van der Waals surface area contributed by atoms with Gasteiger partial charge in [0, 0.05) is 11.3 Å². The molecule has 23 heavy (non-hydrogen) atoms. The van der Waals surface area contributed by atoms with E-state index >= 15 is 0 Å². The Morgan fingerprint density at radius 2 is 2.04 bits per heavy atom. The molecule has 1 fully saturated rings. The zero-order valence-corrected chi connectivity index (χ0v) is 15.0. The first kappa shape index (κ1) is 18.0. The molecule has 1 aliphatic carbocycles. The molecule has 0 spiro atoms. The van der Waals surface area contributed by atoms with Crippen molar-refractivity contribution < 1.29 is 14.3 Å². The van der Waals surface area contributed by atoms with Crippen LogP contribution in [0.25, 0.3) is 0 Å². The maximum absolute atomic E-state index is 12.2. The van der Waals surface area contributed by atoms with Crippen LogP contribution in [-0.4, -0.2) is 18.5 Å². The quantitative estimate of drug-likeness (QED) is 0.694. The van der Waals surface area contributed by atoms with Crippen molar-refractivity contribution in [2.24, 2.45) is 5.92 Å². The highest BCUT2D eigenvalue weighted by atomic mass is 32.1. The maximum atomic E-state index is 12.2. The Kier molecular flexibility index (Phi) is 7.09. The van der Waals surface area contributed by atoms with E-state index in [0.29, 0.717) is 29.5 Å². The average Bonchev–Trinajstić information content (AvgIpc) is 3.16. The average molecular weight is 337 g/mol. The van der Waals surface area contributed by atoms with Gasteiger partial charge in [0.25, 0.3) is 0 Å². The minimum atomic E-state index is -0.350. The molecule has 1 saturated carbocycles. The second-order valence-corrected chi connectivity index (χ2v) is 7.30. The normalized spacial score (nSPS) is 14.9. The first-order chi connectivity index (χ1) is 11.1. The van der Waals surface area contributed by atoms with Gasteiger partial charge < -0.3 is 10.1 Å². The van der Waals surface area contributed by atoms with Crippen molar-refractivity contribution in [3.63, 3.8) is 0 Å². The molecule has 1 amide bonds. The fourth-order valence-corrected chi connectivity index (χ4v) is 4.25. The Bertz CT molecular complexity index is 532. The highest BCUT2D eigenvalue weighted by Gasteiger charge is 2.20. The smallest absolute Gasteiger partial charge is 0.341 e. The lowest BCUT2D eigenvalue weighted by Gasteiger charge is -2.09. The van der Waals surface area contributed by atoms with E-state index < -0.39 is 0 Å². The SMILES string of the molecule is CCCc1cc(C(=O)OCC)c(NC(=O)CCC2CCCC2)s1. The van der Waals surface area contributed by atoms with Gasteiger partial charge >= 0.3 is 5.97 Å². The van der Waals surface area contributed by atoms with E-state index in [4.69, 9.17) is 4.74 Å². The summed E-state index contributed by atoms with van der Waals surface area (Å²) in [5, 5.41) is 3.57. The van der Waals surface area contributed by atoms with Crippen molar-refractivity contribution >= 4 is 28.2 Å². The Morgan fingerprint density at radius 1 is 1.30 bits per heavy atom. The summed E-state index contributed by atoms with van der Waals surface area (Å²) in [5.41, 5.74) is 0.495. The largest absolute Gasteiger partial charge is 0.462 e. The van der Waals surface area contributed by atoms with Gasteiger partial charge in [-0.3, -0.25) is 4.79 Å². The summed E-state index contributed by atoms with van der Waals surface area (Å²) >= 11 is 1.49. The first-order valence-electron chi connectivity index (χ1n) is 8.73. The Balaban J connectivity index is 1.98. The van der Waals surface area contributed by atoms with Gasteiger partial charge in [-0.2, -0.15) is 0 Å². The molecule has 128 valence electrons. The second kappa shape index (κ2) is 9.06. The summed E-state index contributed by atoms with van der Waals surface area (Å²) in [6.07, 6.45) is 8.51. The van der Waals surface area contributed by atoms with Crippen LogP contribution >= 0.6 is 11.3 Å². The van der Waals surface area contributed by atoms with Crippen LogP contribution < -0.4 is 5.32 Å². The van der Waals surface area contributed by atoms with Gasteiger partial charge in [-0.25, -0.2) is 4.79 Å². The molecule has 0 atom stereocenters. The number of thiophene rings is 1. The van der Waals surface area contributed by atoms with E-state index in [9.17, 15) is 9.59 Å². The zero-order valence-electron chi connectivity index (χ0n) is 14.2. The third-order valence-electron chi connectivity index (χ3n) is 4.28. The minimum Gasteiger partial charge on any atom is -0.462 e. The van der Waals surface area contributed by atoms with Crippen LogP contribution in [0.5, 0.6) is 0 Å². The number of aryl methyl sites for hydroxylation is 1. The van der Waals surface area contributed by atoms with Gasteiger partial charge in [-0.15, -0.1) is 11.3 Å². The Morgan fingerprint density at radius 3 is 2.70 bits per heavy atom. The van der Waals surface area contributed by atoms with Gasteiger partial charge in [-0.1, -0.05) is 39.0 Å². The number of hydrogen-bond acceptors (Lipinski definition) is 4. The summed E-state index contributed by atoms with van der Waals surface area (Å²) in [6, 6.07) is 1.86. The summed E-state index contributed by atoms with van der Waals surface area (Å²) < 4.78 is 5.10. The monoisotopic (exact) mass is 337 g/mol. The van der Waals surface area contributed by atoms with Crippen molar-refractivity contribution in [3.8, 4) is 0 Å². The summed E-state index contributed by atoms with van der Waals surface area (Å²) in [5.74, 6) is 0.355. The van der Waals surface area contributed by atoms with Crippen LogP contribution in [0.1, 0.15) is 74.0 Å². The lowest BCUT2D eigenvalue weighted by Crippen LogP contribution is -2.14. The molecule has 0 bridgehead atoms. The van der Waals surface area contributed by atoms with Gasteiger partial charge in [-0.05, 0) is 31.7 Å². The number of carbonyl (C=O) groups excluding carboxylic acids is 2. The van der Waals surface area contributed by atoms with Crippen molar-refractivity contribution in [3.05, 3.63) is 16.5 Å². The Labute approximate surface area is 142 Å². The topological polar surface area (TPSA) is 55.4 Å². The summed E-state index contributed by atoms with van der Waals surface area (Å²) in [6.45, 7) is 4.23. The summed E-state index contributed by atoms with van der Waals surface area (Å²) in [4.78, 5) is 25.4. The molecule has 0 radical (unpaired) electrons. The lowest BCUT2D eigenvalue weighted by molar-refractivity contribution is -0.116. The van der Waals surface area contributed by atoms with Crippen molar-refractivity contribution in [1.82, 2.24) is 0 Å². The predicted molar refractivity (Wildman–Crippen MR) is 94.1 cm³/mol. The van der Waals surface area contributed by atoms with E-state index in [1.165, 1.54) is 37.0 Å². The third kappa shape index (κ3) is 5.34. The van der Waals surface area contributed by atoms with Crippen LogP contribution in [0.2, 0.25) is 0 Å². The summed E-state index contributed by atoms with van der Waals surface area (Å²) in [7, 11) is 0. The van der Waals surface area contributed by atoms with Crippen LogP contribution in [0.15, 0.2) is 6.07 Å². The van der Waals surface area contributed by atoms with E-state index in [-0.39, 0.29) is 11.9 Å². The number of nitrogens with one attached hydrogen (secondary N) is 1. The van der Waals surface area contributed by atoms with Crippen LogP contribution in [0.3, 0.4) is 0 Å². The number of amides is 1. The predicted octanol–water partition coefficient (Wildman–Crippen LogP) is 4.79. The molecule has 5 heteroatoms. The number of anilines is 1. The fraction of sp³-hybridized carbons (Fsp3) is 0.667. The van der Waals surface area contributed by atoms with Crippen molar-refractivity contribution in [1.29, 1.82) is 0 Å².